The summed E-state index contributed by atoms with van der Waals surface area (Å²) >= 11 is 0. The van der Waals surface area contributed by atoms with E-state index in [0.717, 1.165) is 38.8 Å². The summed E-state index contributed by atoms with van der Waals surface area (Å²) in [6.07, 6.45) is -6.70. The van der Waals surface area contributed by atoms with Crippen LogP contribution in [0.1, 0.15) is 141 Å². The standard InChI is InChI=1S/C70H96N10O26.2H2O/c1-17-29-69(43-71,53-23-27-55(93-11)61(37-53)97-15)31-19-33-73(9)49(7)51-21-25-57(59(35-51)95-13)99-67(63(81)75(39-45(3)103-77(85)86)40-46(4)104-78(87)88)101-65(83)66(84)102-68(64(82)76(41-47(5)105-79(89)90)42-48(6)106-80(91)92)100-58-26-22-52(36-60(58)96-14)50(8)74(10)34-20-32-70(44-72,30-18-2)54-24-28-56(94-12)62(38-54)98-16;;/h21-28,35-38,45-50,67-68H,17-20,29-34,39-42H2,1-16H3;2*1H2. The summed E-state index contributed by atoms with van der Waals surface area (Å²) < 4.78 is 56.5. The molecule has 0 aliphatic carbocycles. The van der Waals surface area contributed by atoms with Crippen molar-refractivity contribution in [2.75, 3.05) is 96.0 Å². The van der Waals surface area contributed by atoms with Gasteiger partial charge in [0.1, 0.15) is 24.4 Å². The molecule has 10 atom stereocenters. The van der Waals surface area contributed by atoms with Crippen LogP contribution in [0.2, 0.25) is 0 Å². The van der Waals surface area contributed by atoms with E-state index in [0.29, 0.717) is 108 Å². The van der Waals surface area contributed by atoms with Gasteiger partial charge in [-0.3, -0.25) is 19.4 Å². The summed E-state index contributed by atoms with van der Waals surface area (Å²) in [5.41, 5.74) is 1.01. The Bertz CT molecular complexity index is 3430. The minimum absolute atomic E-state index is 0. The van der Waals surface area contributed by atoms with Crippen molar-refractivity contribution in [3.63, 3.8) is 0 Å². The maximum Gasteiger partial charge on any atom is 0.421 e. The van der Waals surface area contributed by atoms with Gasteiger partial charge in [-0.2, -0.15) is 10.5 Å². The zero-order valence-corrected chi connectivity index (χ0v) is 63.5. The number of ether oxygens (including phenoxy) is 10. The molecule has 108 heavy (non-hydrogen) atoms. The SMILES string of the molecule is CCCC(C#N)(CCCN(C)C(C)c1ccc(OC(OC(=O)C(=O)OC(Oc2ccc(C(C)N(C)CCCC(C#N)(CCC)c3ccc(OC)c(OC)c3)cc2OC)C(=O)N(CC(C)O[N+](=O)[O-])CC(C)O[N+](=O)[O-])C(=O)N(CC(C)O[N+](=O)[O-])CC(C)O[N+](=O)[O-])c(OC)c1)c1ccc(OC)c(OC)c1.O.O. The highest BCUT2D eigenvalue weighted by Crippen LogP contribution is 2.42. The lowest BCUT2D eigenvalue weighted by atomic mass is 9.74. The lowest BCUT2D eigenvalue weighted by molar-refractivity contribution is -0.768. The van der Waals surface area contributed by atoms with Crippen LogP contribution in [0.3, 0.4) is 0 Å². The number of amides is 2. The molecule has 10 unspecified atom stereocenters. The molecule has 4 rings (SSSR count). The molecule has 0 saturated carbocycles. The van der Waals surface area contributed by atoms with Gasteiger partial charge in [-0.15, -0.1) is 40.5 Å². The summed E-state index contributed by atoms with van der Waals surface area (Å²) in [6.45, 7) is 10.2. The van der Waals surface area contributed by atoms with Crippen molar-refractivity contribution in [2.45, 2.75) is 167 Å². The van der Waals surface area contributed by atoms with E-state index < -0.39 is 118 Å². The molecular weight excluding hydrogens is 1430 g/mol. The molecule has 0 fully saturated rings. The number of methoxy groups -OCH3 is 6. The lowest BCUT2D eigenvalue weighted by Crippen LogP contribution is -2.51. The Morgan fingerprint density at radius 1 is 0.435 bits per heavy atom. The topological polar surface area (TPSA) is 494 Å². The van der Waals surface area contributed by atoms with E-state index in [1.807, 2.05) is 63.7 Å². The van der Waals surface area contributed by atoms with E-state index in [1.54, 1.807) is 36.4 Å². The summed E-state index contributed by atoms with van der Waals surface area (Å²) in [5.74, 6) is -5.98. The second-order valence-electron chi connectivity index (χ2n) is 25.1. The summed E-state index contributed by atoms with van der Waals surface area (Å²) in [7, 11) is 12.2. The average molecular weight is 1530 g/mol. The second kappa shape index (κ2) is 44.7. The summed E-state index contributed by atoms with van der Waals surface area (Å²) in [4.78, 5) is 129. The van der Waals surface area contributed by atoms with Crippen molar-refractivity contribution < 1.29 is 117 Å². The van der Waals surface area contributed by atoms with E-state index in [9.17, 15) is 70.2 Å². The minimum Gasteiger partial charge on any atom is -0.493 e. The smallest absolute Gasteiger partial charge is 0.421 e. The van der Waals surface area contributed by atoms with E-state index in [4.69, 9.17) is 47.4 Å². The molecule has 0 spiro atoms. The van der Waals surface area contributed by atoms with Crippen LogP contribution in [0, 0.1) is 63.1 Å². The third kappa shape index (κ3) is 26.7. The van der Waals surface area contributed by atoms with Crippen LogP contribution >= 0.6 is 0 Å². The van der Waals surface area contributed by atoms with Crippen molar-refractivity contribution >= 4 is 23.8 Å². The minimum atomic E-state index is -2.65. The third-order valence-corrected chi connectivity index (χ3v) is 17.6. The number of nitriles is 2. The predicted octanol–water partition coefficient (Wildman–Crippen LogP) is 7.40. The largest absolute Gasteiger partial charge is 0.493 e. The number of carbonyl (C=O) groups is 4. The first-order valence-corrected chi connectivity index (χ1v) is 33.9. The molecule has 4 aromatic rings. The molecule has 4 aromatic carbocycles. The summed E-state index contributed by atoms with van der Waals surface area (Å²) in [5, 5.41) is 62.8. The Labute approximate surface area is 625 Å². The van der Waals surface area contributed by atoms with Gasteiger partial charge in [-0.25, -0.2) is 9.59 Å². The molecule has 0 aromatic heterocycles. The highest BCUT2D eigenvalue weighted by atomic mass is 17.0. The number of hydrogen-bond donors (Lipinski definition) is 0. The molecule has 2 amide bonds. The molecule has 0 saturated heterocycles. The Hall–Kier alpha value is -11.2. The number of rotatable bonds is 48. The number of carbonyl (C=O) groups excluding carboxylic acids is 4. The molecule has 38 heteroatoms. The molecule has 598 valence electrons. The van der Waals surface area contributed by atoms with Crippen molar-refractivity contribution in [1.82, 2.24) is 19.6 Å². The van der Waals surface area contributed by atoms with Crippen LogP contribution < -0.4 is 37.9 Å². The van der Waals surface area contributed by atoms with Gasteiger partial charge in [-0.1, -0.05) is 51.0 Å². The van der Waals surface area contributed by atoms with Crippen LogP contribution in [0.25, 0.3) is 0 Å². The fraction of sp³-hybridized carbons (Fsp3) is 0.571. The van der Waals surface area contributed by atoms with Crippen LogP contribution in [-0.2, 0) is 58.8 Å². The normalized spacial score (nSPS) is 14.2. The molecule has 0 aliphatic heterocycles. The van der Waals surface area contributed by atoms with Crippen LogP contribution in [0.15, 0.2) is 72.8 Å². The maximum atomic E-state index is 14.9. The first kappa shape index (κ1) is 92.9. The highest BCUT2D eigenvalue weighted by molar-refractivity contribution is 6.30. The Balaban J connectivity index is 0.0000198. The van der Waals surface area contributed by atoms with Gasteiger partial charge in [0, 0.05) is 38.3 Å². The first-order valence-electron chi connectivity index (χ1n) is 33.9. The quantitative estimate of drug-likeness (QED) is 0.0137. The number of nitrogens with zero attached hydrogens (tertiary/aromatic N) is 10. The van der Waals surface area contributed by atoms with Gasteiger partial charge in [0.05, 0.1) is 65.6 Å². The van der Waals surface area contributed by atoms with E-state index >= 15 is 0 Å². The van der Waals surface area contributed by atoms with Crippen molar-refractivity contribution in [1.29, 1.82) is 10.5 Å². The molecule has 0 bridgehead atoms. The molecule has 0 radical (unpaired) electrons. The monoisotopic (exact) mass is 1530 g/mol. The average Bonchev–Trinajstić information content (AvgIpc) is 0.849. The fourth-order valence-electron chi connectivity index (χ4n) is 12.1. The van der Waals surface area contributed by atoms with Crippen LogP contribution in [-0.4, -0.2) is 208 Å². The van der Waals surface area contributed by atoms with Crippen molar-refractivity contribution in [2.24, 2.45) is 0 Å². The van der Waals surface area contributed by atoms with Crippen LogP contribution in [0.4, 0.5) is 0 Å². The third-order valence-electron chi connectivity index (χ3n) is 17.6. The number of hydrogen-bond acceptors (Lipinski definition) is 30. The summed E-state index contributed by atoms with van der Waals surface area (Å²) in [6, 6.07) is 24.0. The Morgan fingerprint density at radius 3 is 0.972 bits per heavy atom. The molecular formula is C70H100N10O28. The van der Waals surface area contributed by atoms with Gasteiger partial charge in [0.15, 0.2) is 46.0 Å². The van der Waals surface area contributed by atoms with Crippen molar-refractivity contribution in [3.8, 4) is 58.1 Å². The number of benzene rings is 4. The maximum absolute atomic E-state index is 14.9. The van der Waals surface area contributed by atoms with Gasteiger partial charge < -0.3 is 87.5 Å². The molecule has 38 nitrogen and oxygen atoms in total. The lowest BCUT2D eigenvalue weighted by Gasteiger charge is -2.31. The van der Waals surface area contributed by atoms with Crippen LogP contribution in [0.5, 0.6) is 46.0 Å². The fourth-order valence-corrected chi connectivity index (χ4v) is 12.1. The van der Waals surface area contributed by atoms with E-state index in [-0.39, 0.29) is 46.0 Å². The Kier molecular flexibility index (Phi) is 38.4. The Morgan fingerprint density at radius 2 is 0.713 bits per heavy atom. The van der Waals surface area contributed by atoms with Gasteiger partial charge in [-0.05, 0) is 178 Å². The molecule has 0 heterocycles. The first-order chi connectivity index (χ1) is 50.2. The molecule has 0 aliphatic rings. The zero-order valence-electron chi connectivity index (χ0n) is 63.5. The highest BCUT2D eigenvalue weighted by Gasteiger charge is 2.41. The zero-order chi connectivity index (χ0) is 79.2. The van der Waals surface area contributed by atoms with E-state index in [2.05, 4.69) is 31.5 Å². The van der Waals surface area contributed by atoms with E-state index in [1.165, 1.54) is 66.9 Å². The predicted molar refractivity (Wildman–Crippen MR) is 382 cm³/mol. The number of esters is 2. The van der Waals surface area contributed by atoms with Gasteiger partial charge in [0.2, 0.25) is 0 Å². The molecule has 4 N–H and O–H groups in total. The second-order valence-corrected chi connectivity index (χ2v) is 25.1. The van der Waals surface area contributed by atoms with Gasteiger partial charge >= 0.3 is 36.3 Å². The van der Waals surface area contributed by atoms with Crippen molar-refractivity contribution in [3.05, 3.63) is 136 Å². The van der Waals surface area contributed by atoms with Gasteiger partial charge in [0.25, 0.3) is 20.3 Å².